The molecule has 13 heteroatoms. The Bertz CT molecular complexity index is 1800. The molecule has 2 heterocycles. The molecule has 0 bridgehead atoms. The van der Waals surface area contributed by atoms with Crippen LogP contribution in [-0.4, -0.2) is 59.9 Å². The first-order valence-corrected chi connectivity index (χ1v) is 16.7. The quantitative estimate of drug-likeness (QED) is 0.223. The van der Waals surface area contributed by atoms with Crippen LogP contribution in [0.1, 0.15) is 57.8 Å². The van der Waals surface area contributed by atoms with Gasteiger partial charge in [-0.3, -0.25) is 18.5 Å². The van der Waals surface area contributed by atoms with Gasteiger partial charge in [0, 0.05) is 24.8 Å². The normalized spacial score (nSPS) is 16.5. The molecule has 0 atom stereocenters. The zero-order chi connectivity index (χ0) is 32.8. The van der Waals surface area contributed by atoms with Crippen molar-refractivity contribution >= 4 is 21.9 Å². The molecule has 0 spiro atoms. The summed E-state index contributed by atoms with van der Waals surface area (Å²) < 4.78 is 49.1. The molecule has 4 aromatic rings. The SMILES string of the molecule is Cc1cc(C(=O)N[C@H]2CC[C@H](NC(=O)c3cc(F)cnc3Oc3cccc(-c4ccc(CCOS(C)(=O)=O)cc4)c3)CC2)nn1C. The highest BCUT2D eigenvalue weighted by Gasteiger charge is 2.26. The molecule has 2 amide bonds. The number of amides is 2. The monoisotopic (exact) mass is 649 g/mol. The fourth-order valence-electron chi connectivity index (χ4n) is 5.27. The van der Waals surface area contributed by atoms with E-state index in [2.05, 4.69) is 20.7 Å². The Labute approximate surface area is 267 Å². The van der Waals surface area contributed by atoms with Gasteiger partial charge < -0.3 is 15.4 Å². The minimum atomic E-state index is -3.49. The predicted molar refractivity (Wildman–Crippen MR) is 170 cm³/mol. The van der Waals surface area contributed by atoms with Gasteiger partial charge in [0.1, 0.15) is 22.8 Å². The van der Waals surface area contributed by atoms with E-state index in [0.717, 1.165) is 40.9 Å². The summed E-state index contributed by atoms with van der Waals surface area (Å²) in [7, 11) is -1.70. The summed E-state index contributed by atoms with van der Waals surface area (Å²) in [5.74, 6) is -0.990. The van der Waals surface area contributed by atoms with E-state index in [1.807, 2.05) is 37.3 Å². The topological polar surface area (TPSA) is 142 Å². The van der Waals surface area contributed by atoms with Crippen LogP contribution in [0.4, 0.5) is 4.39 Å². The van der Waals surface area contributed by atoms with Gasteiger partial charge in [0.2, 0.25) is 5.88 Å². The van der Waals surface area contributed by atoms with E-state index in [0.29, 0.717) is 43.5 Å². The third kappa shape index (κ3) is 8.76. The van der Waals surface area contributed by atoms with Gasteiger partial charge in [0.15, 0.2) is 0 Å². The summed E-state index contributed by atoms with van der Waals surface area (Å²) in [5.41, 5.74) is 3.90. The molecule has 5 rings (SSSR count). The summed E-state index contributed by atoms with van der Waals surface area (Å²) in [6.45, 7) is 1.94. The molecule has 1 fully saturated rings. The average molecular weight is 650 g/mol. The summed E-state index contributed by atoms with van der Waals surface area (Å²) in [6.07, 6.45) is 5.10. The molecule has 2 aromatic heterocycles. The van der Waals surface area contributed by atoms with Gasteiger partial charge in [0.25, 0.3) is 21.9 Å². The Morgan fingerprint density at radius 3 is 2.26 bits per heavy atom. The van der Waals surface area contributed by atoms with E-state index in [9.17, 15) is 22.4 Å². The van der Waals surface area contributed by atoms with Gasteiger partial charge in [-0.1, -0.05) is 36.4 Å². The second-order valence-electron chi connectivity index (χ2n) is 11.4. The Morgan fingerprint density at radius 2 is 1.63 bits per heavy atom. The molecule has 0 unspecified atom stereocenters. The summed E-state index contributed by atoms with van der Waals surface area (Å²) in [5, 5.41) is 10.2. The molecule has 0 saturated heterocycles. The molecule has 2 N–H and O–H groups in total. The van der Waals surface area contributed by atoms with Gasteiger partial charge in [-0.25, -0.2) is 9.37 Å². The van der Waals surface area contributed by atoms with E-state index < -0.39 is 21.8 Å². The highest BCUT2D eigenvalue weighted by Crippen LogP contribution is 2.29. The van der Waals surface area contributed by atoms with Crippen molar-refractivity contribution in [2.24, 2.45) is 7.05 Å². The highest BCUT2D eigenvalue weighted by atomic mass is 32.2. The number of ether oxygens (including phenoxy) is 1. The van der Waals surface area contributed by atoms with Crippen molar-refractivity contribution in [2.45, 2.75) is 51.1 Å². The van der Waals surface area contributed by atoms with Crippen LogP contribution in [0.25, 0.3) is 11.1 Å². The van der Waals surface area contributed by atoms with Crippen LogP contribution in [-0.2, 0) is 27.8 Å². The van der Waals surface area contributed by atoms with Crippen molar-refractivity contribution in [3.8, 4) is 22.8 Å². The van der Waals surface area contributed by atoms with Crippen LogP contribution >= 0.6 is 0 Å². The van der Waals surface area contributed by atoms with E-state index >= 15 is 0 Å². The van der Waals surface area contributed by atoms with E-state index in [1.165, 1.54) is 0 Å². The number of pyridine rings is 1. The first-order chi connectivity index (χ1) is 21.9. The van der Waals surface area contributed by atoms with Gasteiger partial charge in [0.05, 0.1) is 19.1 Å². The van der Waals surface area contributed by atoms with Gasteiger partial charge in [-0.2, -0.15) is 13.5 Å². The van der Waals surface area contributed by atoms with Crippen molar-refractivity contribution in [3.63, 3.8) is 0 Å². The van der Waals surface area contributed by atoms with Crippen molar-refractivity contribution in [1.29, 1.82) is 0 Å². The van der Waals surface area contributed by atoms with E-state index in [4.69, 9.17) is 8.92 Å². The minimum Gasteiger partial charge on any atom is -0.438 e. The van der Waals surface area contributed by atoms with Crippen LogP contribution in [0.3, 0.4) is 0 Å². The zero-order valence-electron chi connectivity index (χ0n) is 25.8. The Morgan fingerprint density at radius 1 is 0.957 bits per heavy atom. The maximum absolute atomic E-state index is 14.2. The molecule has 46 heavy (non-hydrogen) atoms. The van der Waals surface area contributed by atoms with Crippen LogP contribution in [0, 0.1) is 12.7 Å². The minimum absolute atomic E-state index is 0.0213. The number of nitrogens with one attached hydrogen (secondary N) is 2. The number of hydrogen-bond donors (Lipinski definition) is 2. The summed E-state index contributed by atoms with van der Waals surface area (Å²) >= 11 is 0. The number of rotatable bonds is 11. The average Bonchev–Trinajstić information content (AvgIpc) is 3.36. The number of carbonyl (C=O) groups excluding carboxylic acids is 2. The van der Waals surface area contributed by atoms with Crippen LogP contribution in [0.5, 0.6) is 11.6 Å². The maximum Gasteiger partial charge on any atom is 0.272 e. The van der Waals surface area contributed by atoms with Crippen molar-refractivity contribution in [2.75, 3.05) is 12.9 Å². The third-order valence-electron chi connectivity index (χ3n) is 7.83. The molecule has 0 radical (unpaired) electrons. The number of aryl methyl sites for hydroxylation is 2. The Hall–Kier alpha value is -4.62. The standard InChI is InChI=1S/C33H36FN5O6S/c1-21-17-30(38-39(21)2)32(41)37-27-13-11-26(12-14-27)36-31(40)29-19-25(34)20-35-33(29)45-28-6-4-5-24(18-28)23-9-7-22(8-10-23)15-16-44-46(3,42)43/h4-10,17-20,26-27H,11-16H2,1-3H3,(H,36,40)(H,37,41)/t26-,27-. The first-order valence-electron chi connectivity index (χ1n) is 14.9. The Balaban J connectivity index is 1.19. The van der Waals surface area contributed by atoms with Gasteiger partial charge in [-0.05, 0) is 80.0 Å². The molecule has 2 aromatic carbocycles. The molecule has 0 aliphatic heterocycles. The second-order valence-corrected chi connectivity index (χ2v) is 13.0. The fourth-order valence-corrected chi connectivity index (χ4v) is 5.66. The summed E-state index contributed by atoms with van der Waals surface area (Å²) in [4.78, 5) is 29.9. The fraction of sp³-hybridized carbons (Fsp3) is 0.333. The second kappa shape index (κ2) is 14.2. The number of carbonyl (C=O) groups is 2. The molecule has 11 nitrogen and oxygen atoms in total. The zero-order valence-corrected chi connectivity index (χ0v) is 26.6. The van der Waals surface area contributed by atoms with E-state index in [1.54, 1.807) is 36.0 Å². The van der Waals surface area contributed by atoms with Crippen molar-refractivity contribution < 1.29 is 31.3 Å². The number of benzene rings is 2. The molecule has 1 aliphatic rings. The number of nitrogens with zero attached hydrogens (tertiary/aromatic N) is 3. The lowest BCUT2D eigenvalue weighted by molar-refractivity contribution is 0.0887. The van der Waals surface area contributed by atoms with Gasteiger partial charge >= 0.3 is 0 Å². The lowest BCUT2D eigenvalue weighted by Gasteiger charge is -2.29. The predicted octanol–water partition coefficient (Wildman–Crippen LogP) is 4.71. The summed E-state index contributed by atoms with van der Waals surface area (Å²) in [6, 6.07) is 17.5. The smallest absolute Gasteiger partial charge is 0.272 e. The van der Waals surface area contributed by atoms with Gasteiger partial charge in [-0.15, -0.1) is 0 Å². The Kier molecular flexibility index (Phi) is 10.1. The van der Waals surface area contributed by atoms with Crippen LogP contribution in [0.2, 0.25) is 0 Å². The van der Waals surface area contributed by atoms with Crippen molar-refractivity contribution in [1.82, 2.24) is 25.4 Å². The largest absolute Gasteiger partial charge is 0.438 e. The lowest BCUT2D eigenvalue weighted by Crippen LogP contribution is -2.44. The first kappa shape index (κ1) is 32.8. The van der Waals surface area contributed by atoms with Crippen molar-refractivity contribution in [3.05, 3.63) is 95.2 Å². The lowest BCUT2D eigenvalue weighted by atomic mass is 9.91. The number of aromatic nitrogens is 3. The molecular formula is C33H36FN5O6S. The third-order valence-corrected chi connectivity index (χ3v) is 8.43. The molecule has 242 valence electrons. The molecule has 1 saturated carbocycles. The number of hydrogen-bond acceptors (Lipinski definition) is 8. The maximum atomic E-state index is 14.2. The van der Waals surface area contributed by atoms with Crippen LogP contribution in [0.15, 0.2) is 66.9 Å². The van der Waals surface area contributed by atoms with E-state index in [-0.39, 0.29) is 36.0 Å². The molecular weight excluding hydrogens is 613 g/mol. The number of halogens is 1. The van der Waals surface area contributed by atoms with Crippen LogP contribution < -0.4 is 15.4 Å². The highest BCUT2D eigenvalue weighted by molar-refractivity contribution is 7.85. The molecule has 1 aliphatic carbocycles.